The number of unbranched alkanes of at least 4 members (excludes halogenated alkanes) is 1. The predicted molar refractivity (Wildman–Crippen MR) is 103 cm³/mol. The summed E-state index contributed by atoms with van der Waals surface area (Å²) in [6.45, 7) is 6.26. The molecular weight excluding hydrogens is 350 g/mol. The number of carbonyl (C=O) groups is 4. The van der Waals surface area contributed by atoms with Gasteiger partial charge in [-0.15, -0.1) is 0 Å². The van der Waals surface area contributed by atoms with Crippen LogP contribution in [0.25, 0.3) is 0 Å². The molecule has 0 bridgehead atoms. The van der Waals surface area contributed by atoms with Crippen molar-refractivity contribution in [3.8, 4) is 0 Å². The van der Waals surface area contributed by atoms with Crippen molar-refractivity contribution >= 4 is 23.4 Å². The Balaban J connectivity index is 4.61. The topological polar surface area (TPSA) is 142 Å². The van der Waals surface area contributed by atoms with Gasteiger partial charge in [0, 0.05) is 31.7 Å². The van der Waals surface area contributed by atoms with E-state index in [0.717, 1.165) is 0 Å². The second-order valence-corrected chi connectivity index (χ2v) is 7.13. The molecule has 2 atom stereocenters. The maximum atomic E-state index is 12.6. The lowest BCUT2D eigenvalue weighted by atomic mass is 9.88. The van der Waals surface area contributed by atoms with Gasteiger partial charge in [0.1, 0.15) is 5.78 Å². The standard InChI is InChI=1S/C19H35N3O5/c1-13(2)16(12-15(24)8-10-27-11-9-20)19(26)22-17(14(3)23)6-4-5-7-18(21)25/h13,16-17H,4-12,20H2,1-3H3,(H2,21,25)(H,22,26)/t16-,17-/m0/s1. The fourth-order valence-corrected chi connectivity index (χ4v) is 2.65. The summed E-state index contributed by atoms with van der Waals surface area (Å²) in [5.74, 6) is -1.42. The van der Waals surface area contributed by atoms with Crippen molar-refractivity contribution in [2.45, 2.75) is 65.3 Å². The first-order chi connectivity index (χ1) is 12.7. The minimum Gasteiger partial charge on any atom is -0.380 e. The highest BCUT2D eigenvalue weighted by Gasteiger charge is 2.27. The van der Waals surface area contributed by atoms with Gasteiger partial charge in [0.05, 0.1) is 19.3 Å². The molecule has 5 N–H and O–H groups in total. The van der Waals surface area contributed by atoms with Crippen molar-refractivity contribution in [3.05, 3.63) is 0 Å². The molecule has 0 saturated carbocycles. The van der Waals surface area contributed by atoms with Gasteiger partial charge in [-0.25, -0.2) is 0 Å². The van der Waals surface area contributed by atoms with Crippen molar-refractivity contribution in [2.24, 2.45) is 23.3 Å². The van der Waals surface area contributed by atoms with Gasteiger partial charge in [-0.05, 0) is 25.7 Å². The normalized spacial score (nSPS) is 13.2. The van der Waals surface area contributed by atoms with Crippen molar-refractivity contribution in [2.75, 3.05) is 19.8 Å². The molecule has 0 aliphatic carbocycles. The number of nitrogens with one attached hydrogen (secondary N) is 1. The van der Waals surface area contributed by atoms with E-state index in [4.69, 9.17) is 16.2 Å². The van der Waals surface area contributed by atoms with Gasteiger partial charge in [0.15, 0.2) is 5.78 Å². The molecule has 0 saturated heterocycles. The van der Waals surface area contributed by atoms with Gasteiger partial charge in [0.2, 0.25) is 11.8 Å². The first-order valence-corrected chi connectivity index (χ1v) is 9.57. The molecule has 0 radical (unpaired) electrons. The Bertz CT molecular complexity index is 494. The summed E-state index contributed by atoms with van der Waals surface area (Å²) < 4.78 is 5.20. The Morgan fingerprint density at radius 2 is 1.70 bits per heavy atom. The lowest BCUT2D eigenvalue weighted by Crippen LogP contribution is -2.44. The van der Waals surface area contributed by atoms with Crippen LogP contribution in [0.15, 0.2) is 0 Å². The molecule has 0 unspecified atom stereocenters. The predicted octanol–water partition coefficient (Wildman–Crippen LogP) is 0.703. The Morgan fingerprint density at radius 3 is 2.22 bits per heavy atom. The van der Waals surface area contributed by atoms with Crippen LogP contribution in [0.3, 0.4) is 0 Å². The SMILES string of the molecule is CC(=O)[C@H](CCCCC(N)=O)NC(=O)[C@@H](CC(=O)CCOCCN)C(C)C. The van der Waals surface area contributed by atoms with Gasteiger partial charge >= 0.3 is 0 Å². The molecule has 0 fully saturated rings. The third-order valence-electron chi connectivity index (χ3n) is 4.35. The maximum Gasteiger partial charge on any atom is 0.224 e. The van der Waals surface area contributed by atoms with Crippen LogP contribution in [0.1, 0.15) is 59.3 Å². The maximum absolute atomic E-state index is 12.6. The fourth-order valence-electron chi connectivity index (χ4n) is 2.65. The molecule has 0 aromatic heterocycles. The van der Waals surface area contributed by atoms with Crippen molar-refractivity contribution in [3.63, 3.8) is 0 Å². The summed E-state index contributed by atoms with van der Waals surface area (Å²) in [5, 5.41) is 2.76. The molecule has 0 rings (SSSR count). The number of carbonyl (C=O) groups excluding carboxylic acids is 4. The third kappa shape index (κ3) is 12.3. The van der Waals surface area contributed by atoms with Crippen LogP contribution >= 0.6 is 0 Å². The molecule has 0 aromatic rings. The van der Waals surface area contributed by atoms with E-state index in [1.54, 1.807) is 0 Å². The summed E-state index contributed by atoms with van der Waals surface area (Å²) in [6, 6.07) is -0.616. The average Bonchev–Trinajstić information content (AvgIpc) is 2.58. The van der Waals surface area contributed by atoms with Crippen LogP contribution in [0.2, 0.25) is 0 Å². The Kier molecular flexibility index (Phi) is 13.3. The van der Waals surface area contributed by atoms with E-state index in [1.165, 1.54) is 6.92 Å². The number of ether oxygens (including phenoxy) is 1. The quantitative estimate of drug-likeness (QED) is 0.334. The van der Waals surface area contributed by atoms with Crippen LogP contribution in [0, 0.1) is 11.8 Å². The monoisotopic (exact) mass is 385 g/mol. The van der Waals surface area contributed by atoms with Crippen molar-refractivity contribution in [1.29, 1.82) is 0 Å². The van der Waals surface area contributed by atoms with E-state index in [0.29, 0.717) is 39.0 Å². The van der Waals surface area contributed by atoms with E-state index >= 15 is 0 Å². The smallest absolute Gasteiger partial charge is 0.224 e. The molecule has 8 nitrogen and oxygen atoms in total. The number of Topliss-reactive ketones (excluding diaryl/α,β-unsaturated/α-hetero) is 2. The Hall–Kier alpha value is -1.80. The number of hydrogen-bond acceptors (Lipinski definition) is 6. The molecule has 0 heterocycles. The highest BCUT2D eigenvalue weighted by Crippen LogP contribution is 2.18. The highest BCUT2D eigenvalue weighted by molar-refractivity contribution is 5.91. The first-order valence-electron chi connectivity index (χ1n) is 9.57. The average molecular weight is 386 g/mol. The van der Waals surface area contributed by atoms with E-state index in [-0.39, 0.29) is 48.6 Å². The zero-order chi connectivity index (χ0) is 20.8. The summed E-state index contributed by atoms with van der Waals surface area (Å²) in [5.41, 5.74) is 10.4. The molecule has 0 aliphatic rings. The minimum atomic E-state index is -0.616. The highest BCUT2D eigenvalue weighted by atomic mass is 16.5. The minimum absolute atomic E-state index is 0.0404. The number of ketones is 2. The lowest BCUT2D eigenvalue weighted by Gasteiger charge is -2.23. The third-order valence-corrected chi connectivity index (χ3v) is 4.35. The van der Waals surface area contributed by atoms with Crippen LogP contribution < -0.4 is 16.8 Å². The first kappa shape index (κ1) is 25.2. The molecule has 0 aromatic carbocycles. The number of hydrogen-bond donors (Lipinski definition) is 3. The second kappa shape index (κ2) is 14.3. The molecule has 8 heteroatoms. The summed E-state index contributed by atoms with van der Waals surface area (Å²) in [7, 11) is 0. The molecule has 0 aliphatic heterocycles. The van der Waals surface area contributed by atoms with Crippen LogP contribution in [-0.4, -0.2) is 49.2 Å². The molecular formula is C19H35N3O5. The Morgan fingerprint density at radius 1 is 1.04 bits per heavy atom. The molecule has 27 heavy (non-hydrogen) atoms. The van der Waals surface area contributed by atoms with Gasteiger partial charge in [0.25, 0.3) is 0 Å². The van der Waals surface area contributed by atoms with E-state index in [9.17, 15) is 19.2 Å². The second-order valence-electron chi connectivity index (χ2n) is 7.13. The largest absolute Gasteiger partial charge is 0.380 e. The lowest BCUT2D eigenvalue weighted by molar-refractivity contribution is -0.133. The van der Waals surface area contributed by atoms with Gasteiger partial charge in [-0.2, -0.15) is 0 Å². The molecule has 0 spiro atoms. The van der Waals surface area contributed by atoms with Gasteiger partial charge in [-0.3, -0.25) is 19.2 Å². The Labute approximate surface area is 161 Å². The summed E-state index contributed by atoms with van der Waals surface area (Å²) in [4.78, 5) is 47.3. The van der Waals surface area contributed by atoms with Crippen LogP contribution in [0.4, 0.5) is 0 Å². The van der Waals surface area contributed by atoms with Gasteiger partial charge < -0.3 is 21.5 Å². The fraction of sp³-hybridized carbons (Fsp3) is 0.789. The van der Waals surface area contributed by atoms with Crippen LogP contribution in [-0.2, 0) is 23.9 Å². The number of rotatable bonds is 16. The van der Waals surface area contributed by atoms with E-state index < -0.39 is 12.0 Å². The summed E-state index contributed by atoms with van der Waals surface area (Å²) in [6.07, 6.45) is 2.23. The van der Waals surface area contributed by atoms with E-state index in [1.807, 2.05) is 13.8 Å². The van der Waals surface area contributed by atoms with E-state index in [2.05, 4.69) is 5.32 Å². The van der Waals surface area contributed by atoms with Crippen molar-refractivity contribution in [1.82, 2.24) is 5.32 Å². The number of nitrogens with two attached hydrogens (primary N) is 2. The summed E-state index contributed by atoms with van der Waals surface area (Å²) >= 11 is 0. The molecule has 156 valence electrons. The van der Waals surface area contributed by atoms with Crippen LogP contribution in [0.5, 0.6) is 0 Å². The van der Waals surface area contributed by atoms with Gasteiger partial charge in [-0.1, -0.05) is 20.3 Å². The number of amides is 2. The number of primary amides is 1. The zero-order valence-electron chi connectivity index (χ0n) is 16.8. The zero-order valence-corrected chi connectivity index (χ0v) is 16.8. The molecule has 2 amide bonds. The van der Waals surface area contributed by atoms with Crippen molar-refractivity contribution < 1.29 is 23.9 Å².